The number of nitrogens with zero attached hydrogens (tertiary/aromatic N) is 2. The third kappa shape index (κ3) is 3.70. The average Bonchev–Trinajstić information content (AvgIpc) is 2.23. The number of hydrogen-bond donors (Lipinski definition) is 2. The van der Waals surface area contributed by atoms with Crippen LogP contribution in [-0.2, 0) is 0 Å². The Morgan fingerprint density at radius 3 is 2.47 bits per heavy atom. The molecule has 1 aromatic rings. The molecule has 1 aromatic heterocycles. The van der Waals surface area contributed by atoms with Gasteiger partial charge in [-0.3, -0.25) is 15.2 Å². The van der Waals surface area contributed by atoms with E-state index in [4.69, 9.17) is 22.4 Å². The van der Waals surface area contributed by atoms with Crippen molar-refractivity contribution in [1.82, 2.24) is 9.78 Å². The molecule has 2 N–H and O–H groups in total. The Morgan fingerprint density at radius 1 is 1.47 bits per heavy atom. The molecule has 0 amide bonds. The molecule has 0 unspecified atom stereocenters. The largest absolute Gasteiger partial charge is 0.296 e. The van der Waals surface area contributed by atoms with Gasteiger partial charge >= 0.3 is 0 Å². The molecule has 0 aliphatic carbocycles. The second-order valence-electron chi connectivity index (χ2n) is 2.14. The highest BCUT2D eigenvalue weighted by atomic mass is 35.5. The van der Waals surface area contributed by atoms with Crippen LogP contribution < -0.4 is 5.49 Å². The lowest BCUT2D eigenvalue weighted by molar-refractivity contribution is 0.218. The summed E-state index contributed by atoms with van der Waals surface area (Å²) >= 11 is 5.41. The van der Waals surface area contributed by atoms with Gasteiger partial charge in [0.25, 0.3) is 6.43 Å². The number of hydrogen-bond acceptors (Lipinski definition) is 3. The molecule has 0 saturated heterocycles. The van der Waals surface area contributed by atoms with E-state index in [-0.39, 0.29) is 10.6 Å². The first-order valence-corrected chi connectivity index (χ1v) is 3.95. The van der Waals surface area contributed by atoms with Crippen LogP contribution >= 0.6 is 11.6 Å². The minimum atomic E-state index is -2.97. The van der Waals surface area contributed by atoms with Crippen molar-refractivity contribution in [1.29, 1.82) is 10.8 Å². The molecule has 1 rings (SSSR count). The molecule has 1 heterocycles. The van der Waals surface area contributed by atoms with Crippen molar-refractivity contribution in [3.05, 3.63) is 22.8 Å². The van der Waals surface area contributed by atoms with Crippen molar-refractivity contribution < 1.29 is 13.2 Å². The lowest BCUT2D eigenvalue weighted by Crippen LogP contribution is -2.32. The molecule has 0 radical (unpaired) electrons. The van der Waals surface area contributed by atoms with Crippen LogP contribution in [0.5, 0.6) is 0 Å². The van der Waals surface area contributed by atoms with E-state index >= 15 is 0 Å². The SMILES string of the molecule is CF.N=C(C(F)F)n1nc(Cl)ccc1=N. The summed E-state index contributed by atoms with van der Waals surface area (Å²) in [4.78, 5) is 0. The minimum absolute atomic E-state index is 0.0404. The number of rotatable bonds is 1. The Morgan fingerprint density at radius 2 is 2.00 bits per heavy atom. The lowest BCUT2D eigenvalue weighted by Gasteiger charge is -2.05. The molecule has 0 saturated carbocycles. The van der Waals surface area contributed by atoms with E-state index in [0.29, 0.717) is 11.9 Å². The van der Waals surface area contributed by atoms with Gasteiger partial charge in [-0.05, 0) is 12.1 Å². The molecule has 0 aromatic carbocycles. The summed E-state index contributed by atoms with van der Waals surface area (Å²) in [6, 6.07) is 2.48. The molecular weight excluding hydrogens is 233 g/mol. The molecule has 0 bridgehead atoms. The molecule has 0 aliphatic rings. The van der Waals surface area contributed by atoms with Crippen LogP contribution in [0.4, 0.5) is 13.2 Å². The summed E-state index contributed by atoms with van der Waals surface area (Å²) in [6.07, 6.45) is -2.97. The number of alkyl halides is 3. The van der Waals surface area contributed by atoms with Gasteiger partial charge in [-0.25, -0.2) is 8.78 Å². The topological polar surface area (TPSA) is 65.5 Å². The van der Waals surface area contributed by atoms with E-state index < -0.39 is 12.3 Å². The summed E-state index contributed by atoms with van der Waals surface area (Å²) in [5.41, 5.74) is -0.310. The molecule has 15 heavy (non-hydrogen) atoms. The van der Waals surface area contributed by atoms with E-state index in [0.717, 1.165) is 0 Å². The molecule has 84 valence electrons. The van der Waals surface area contributed by atoms with Crippen LogP contribution in [-0.4, -0.2) is 29.2 Å². The average molecular weight is 241 g/mol. The predicted octanol–water partition coefficient (Wildman–Crippen LogP) is 1.69. The highest BCUT2D eigenvalue weighted by Gasteiger charge is 2.14. The van der Waals surface area contributed by atoms with Crippen molar-refractivity contribution in [2.24, 2.45) is 0 Å². The quantitative estimate of drug-likeness (QED) is 0.569. The maximum absolute atomic E-state index is 12.0. The van der Waals surface area contributed by atoms with Gasteiger partial charge in [0.2, 0.25) is 0 Å². The van der Waals surface area contributed by atoms with Gasteiger partial charge in [-0.2, -0.15) is 9.78 Å². The first-order valence-electron chi connectivity index (χ1n) is 3.57. The Bertz CT molecular complexity index is 390. The van der Waals surface area contributed by atoms with E-state index in [2.05, 4.69) is 5.10 Å². The van der Waals surface area contributed by atoms with Crippen molar-refractivity contribution in [3.8, 4) is 0 Å². The normalized spacial score (nSPS) is 9.47. The van der Waals surface area contributed by atoms with Crippen LogP contribution in [0.15, 0.2) is 12.1 Å². The second-order valence-corrected chi connectivity index (χ2v) is 2.53. The Labute approximate surface area is 88.3 Å². The van der Waals surface area contributed by atoms with Gasteiger partial charge < -0.3 is 0 Å². The highest BCUT2D eigenvalue weighted by Crippen LogP contribution is 2.00. The van der Waals surface area contributed by atoms with Crippen LogP contribution in [0.1, 0.15) is 0 Å². The third-order valence-electron chi connectivity index (χ3n) is 1.24. The Balaban J connectivity index is 0.000000921. The van der Waals surface area contributed by atoms with Gasteiger partial charge in [0.05, 0.1) is 7.18 Å². The summed E-state index contributed by atoms with van der Waals surface area (Å²) in [5.74, 6) is -1.06. The van der Waals surface area contributed by atoms with Gasteiger partial charge in [0.1, 0.15) is 10.6 Å². The smallest absolute Gasteiger partial charge is 0.283 e. The van der Waals surface area contributed by atoms with Gasteiger partial charge in [-0.15, -0.1) is 0 Å². The highest BCUT2D eigenvalue weighted by molar-refractivity contribution is 6.29. The Kier molecular flexibility index (Phi) is 5.61. The van der Waals surface area contributed by atoms with Gasteiger partial charge in [0.15, 0.2) is 5.84 Å². The molecule has 0 atom stereocenters. The number of aromatic nitrogens is 2. The summed E-state index contributed by atoms with van der Waals surface area (Å²) in [6.45, 7) is 0. The monoisotopic (exact) mass is 240 g/mol. The maximum atomic E-state index is 12.0. The fraction of sp³-hybridized carbons (Fsp3) is 0.286. The Hall–Kier alpha value is -1.37. The fourth-order valence-electron chi connectivity index (χ4n) is 0.677. The second kappa shape index (κ2) is 6.18. The zero-order valence-electron chi connectivity index (χ0n) is 7.64. The molecular formula is C7H8ClF3N4. The van der Waals surface area contributed by atoms with Crippen molar-refractivity contribution in [3.63, 3.8) is 0 Å². The lowest BCUT2D eigenvalue weighted by atomic mass is 10.5. The van der Waals surface area contributed by atoms with Crippen LogP contribution in [0.25, 0.3) is 0 Å². The molecule has 0 spiro atoms. The molecule has 4 nitrogen and oxygen atoms in total. The molecule has 0 fully saturated rings. The summed E-state index contributed by atoms with van der Waals surface area (Å²) in [5, 5.41) is 17.4. The van der Waals surface area contributed by atoms with E-state index in [9.17, 15) is 13.2 Å². The summed E-state index contributed by atoms with van der Waals surface area (Å²) in [7, 11) is 0.500. The number of halogens is 4. The van der Waals surface area contributed by atoms with E-state index in [1.165, 1.54) is 12.1 Å². The minimum Gasteiger partial charge on any atom is -0.283 e. The zero-order chi connectivity index (χ0) is 12.0. The standard InChI is InChI=1S/C6H5ClF2N4.CH3F/c7-3-1-2-4(10)13(12-3)6(11)5(8)9;1-2/h1-2,5,10-11H;1H3. The van der Waals surface area contributed by atoms with Crippen LogP contribution in [0.2, 0.25) is 5.15 Å². The predicted molar refractivity (Wildman–Crippen MR) is 49.3 cm³/mol. The van der Waals surface area contributed by atoms with E-state index in [1.807, 2.05) is 0 Å². The summed E-state index contributed by atoms with van der Waals surface area (Å²) < 4.78 is 34.0. The third-order valence-corrected chi connectivity index (χ3v) is 1.44. The van der Waals surface area contributed by atoms with Crippen LogP contribution in [0.3, 0.4) is 0 Å². The number of nitrogens with one attached hydrogen (secondary N) is 2. The van der Waals surface area contributed by atoms with E-state index in [1.54, 1.807) is 0 Å². The zero-order valence-corrected chi connectivity index (χ0v) is 8.39. The molecule has 0 aliphatic heterocycles. The van der Waals surface area contributed by atoms with Crippen molar-refractivity contribution >= 4 is 17.4 Å². The van der Waals surface area contributed by atoms with Crippen LogP contribution in [0, 0.1) is 10.8 Å². The first kappa shape index (κ1) is 13.6. The van der Waals surface area contributed by atoms with Crippen molar-refractivity contribution in [2.45, 2.75) is 6.43 Å². The van der Waals surface area contributed by atoms with Crippen molar-refractivity contribution in [2.75, 3.05) is 7.18 Å². The van der Waals surface area contributed by atoms with Gasteiger partial charge in [-0.1, -0.05) is 11.6 Å². The maximum Gasteiger partial charge on any atom is 0.296 e. The first-order chi connectivity index (χ1) is 7.02. The molecule has 8 heteroatoms. The fourth-order valence-corrected chi connectivity index (χ4v) is 0.816. The van der Waals surface area contributed by atoms with Gasteiger partial charge in [0, 0.05) is 0 Å².